The number of hydrogen-bond acceptors (Lipinski definition) is 4. The van der Waals surface area contributed by atoms with Crippen molar-refractivity contribution in [3.05, 3.63) is 77.2 Å². The van der Waals surface area contributed by atoms with Gasteiger partial charge in [0.1, 0.15) is 0 Å². The monoisotopic (exact) mass is 392 g/mol. The molecule has 134 valence electrons. The van der Waals surface area contributed by atoms with Crippen molar-refractivity contribution >= 4 is 57.1 Å². The number of fused-ring (bicyclic) bond motifs is 1. The SMILES string of the molecule is C=CCN1C(=O)/C(=C2/SC(=S)N(c3ccc(C)cc3)C2=O)c2ccccc21. The van der Waals surface area contributed by atoms with E-state index in [0.717, 1.165) is 16.8 Å². The van der Waals surface area contributed by atoms with E-state index in [1.165, 1.54) is 16.7 Å². The minimum absolute atomic E-state index is 0.194. The number of hydrogen-bond donors (Lipinski definition) is 0. The van der Waals surface area contributed by atoms with Crippen molar-refractivity contribution < 1.29 is 9.59 Å². The second-order valence-electron chi connectivity index (χ2n) is 6.27. The van der Waals surface area contributed by atoms with Crippen molar-refractivity contribution in [3.8, 4) is 0 Å². The smallest absolute Gasteiger partial charge is 0.271 e. The fraction of sp³-hybridized carbons (Fsp3) is 0.0952. The van der Waals surface area contributed by atoms with Crippen LogP contribution in [-0.2, 0) is 9.59 Å². The number of carbonyl (C=O) groups is 2. The van der Waals surface area contributed by atoms with Crippen LogP contribution < -0.4 is 9.80 Å². The first kappa shape index (κ1) is 17.7. The van der Waals surface area contributed by atoms with Gasteiger partial charge < -0.3 is 4.90 Å². The summed E-state index contributed by atoms with van der Waals surface area (Å²) in [6, 6.07) is 15.1. The van der Waals surface area contributed by atoms with E-state index in [9.17, 15) is 9.59 Å². The Kier molecular flexibility index (Phi) is 4.45. The third-order valence-corrected chi connectivity index (χ3v) is 5.90. The van der Waals surface area contributed by atoms with Crippen molar-refractivity contribution in [1.29, 1.82) is 0 Å². The topological polar surface area (TPSA) is 40.6 Å². The predicted octanol–water partition coefficient (Wildman–Crippen LogP) is 4.30. The zero-order valence-electron chi connectivity index (χ0n) is 14.6. The lowest BCUT2D eigenvalue weighted by molar-refractivity contribution is -0.115. The van der Waals surface area contributed by atoms with Crippen LogP contribution in [0.25, 0.3) is 5.57 Å². The van der Waals surface area contributed by atoms with Crippen molar-refractivity contribution in [2.75, 3.05) is 16.3 Å². The Morgan fingerprint density at radius 2 is 1.78 bits per heavy atom. The van der Waals surface area contributed by atoms with Crippen molar-refractivity contribution in [1.82, 2.24) is 0 Å². The van der Waals surface area contributed by atoms with Crippen LogP contribution in [0.15, 0.2) is 66.1 Å². The van der Waals surface area contributed by atoms with Gasteiger partial charge in [-0.25, -0.2) is 0 Å². The van der Waals surface area contributed by atoms with Gasteiger partial charge in [0.05, 0.1) is 21.9 Å². The number of para-hydroxylation sites is 1. The molecule has 2 aliphatic heterocycles. The van der Waals surface area contributed by atoms with Crippen LogP contribution in [0.1, 0.15) is 11.1 Å². The summed E-state index contributed by atoms with van der Waals surface area (Å²) >= 11 is 6.64. The number of thioether (sulfide) groups is 1. The van der Waals surface area contributed by atoms with Gasteiger partial charge in [-0.1, -0.05) is 66.0 Å². The van der Waals surface area contributed by atoms with Crippen LogP contribution in [-0.4, -0.2) is 22.7 Å². The third-order valence-electron chi connectivity index (χ3n) is 4.52. The number of nitrogens with zero attached hydrogens (tertiary/aromatic N) is 2. The lowest BCUT2D eigenvalue weighted by Crippen LogP contribution is -2.29. The van der Waals surface area contributed by atoms with Gasteiger partial charge in [-0.3, -0.25) is 14.5 Å². The van der Waals surface area contributed by atoms with Crippen LogP contribution in [0.4, 0.5) is 11.4 Å². The van der Waals surface area contributed by atoms with Crippen LogP contribution in [0, 0.1) is 6.92 Å². The molecular formula is C21H16N2O2S2. The van der Waals surface area contributed by atoms with E-state index in [2.05, 4.69) is 6.58 Å². The van der Waals surface area contributed by atoms with Gasteiger partial charge in [0, 0.05) is 12.1 Å². The highest BCUT2D eigenvalue weighted by atomic mass is 32.2. The largest absolute Gasteiger partial charge is 0.304 e. The van der Waals surface area contributed by atoms with E-state index in [1.807, 2.05) is 55.5 Å². The molecule has 0 spiro atoms. The molecule has 27 heavy (non-hydrogen) atoms. The van der Waals surface area contributed by atoms with Gasteiger partial charge in [0.25, 0.3) is 11.8 Å². The molecule has 2 aromatic rings. The van der Waals surface area contributed by atoms with E-state index >= 15 is 0 Å². The first-order valence-electron chi connectivity index (χ1n) is 8.42. The highest BCUT2D eigenvalue weighted by molar-refractivity contribution is 8.27. The predicted molar refractivity (Wildman–Crippen MR) is 115 cm³/mol. The lowest BCUT2D eigenvalue weighted by Gasteiger charge is -2.15. The summed E-state index contributed by atoms with van der Waals surface area (Å²) in [4.78, 5) is 29.8. The molecule has 0 saturated carbocycles. The first-order valence-corrected chi connectivity index (χ1v) is 9.64. The summed E-state index contributed by atoms with van der Waals surface area (Å²) in [5, 5.41) is 0. The van der Waals surface area contributed by atoms with Crippen molar-refractivity contribution in [2.45, 2.75) is 6.92 Å². The van der Waals surface area contributed by atoms with E-state index in [-0.39, 0.29) is 11.8 Å². The number of thiocarbonyl (C=S) groups is 1. The molecule has 2 aromatic carbocycles. The van der Waals surface area contributed by atoms with Crippen LogP contribution in [0.2, 0.25) is 0 Å². The number of amides is 2. The Bertz CT molecular complexity index is 1020. The molecule has 6 heteroatoms. The molecule has 4 nitrogen and oxygen atoms in total. The van der Waals surface area contributed by atoms with Gasteiger partial charge in [-0.15, -0.1) is 6.58 Å². The molecule has 1 saturated heterocycles. The molecule has 2 aliphatic rings. The van der Waals surface area contributed by atoms with Gasteiger partial charge in [0.2, 0.25) is 0 Å². The Labute approximate surface area is 167 Å². The maximum Gasteiger partial charge on any atom is 0.271 e. The molecule has 0 radical (unpaired) electrons. The van der Waals surface area contributed by atoms with Gasteiger partial charge in [-0.05, 0) is 25.1 Å². The summed E-state index contributed by atoms with van der Waals surface area (Å²) in [5.74, 6) is -0.451. The number of rotatable bonds is 3. The van der Waals surface area contributed by atoms with Crippen LogP contribution >= 0.6 is 24.0 Å². The number of benzene rings is 2. The van der Waals surface area contributed by atoms with E-state index in [4.69, 9.17) is 12.2 Å². The minimum Gasteiger partial charge on any atom is -0.304 e. The molecular weight excluding hydrogens is 376 g/mol. The Morgan fingerprint density at radius 1 is 1.07 bits per heavy atom. The Hall–Kier alpha value is -2.70. The molecule has 2 heterocycles. The lowest BCUT2D eigenvalue weighted by atomic mass is 10.1. The summed E-state index contributed by atoms with van der Waals surface area (Å²) in [6.07, 6.45) is 1.68. The molecule has 0 atom stereocenters. The average Bonchev–Trinajstić information content (AvgIpc) is 3.10. The van der Waals surface area contributed by atoms with Crippen molar-refractivity contribution in [3.63, 3.8) is 0 Å². The molecule has 0 unspecified atom stereocenters. The summed E-state index contributed by atoms with van der Waals surface area (Å²) in [5.41, 5.74) is 3.77. The van der Waals surface area contributed by atoms with Crippen LogP contribution in [0.3, 0.4) is 0 Å². The van der Waals surface area contributed by atoms with Gasteiger partial charge >= 0.3 is 0 Å². The van der Waals surface area contributed by atoms with E-state index in [0.29, 0.717) is 27.0 Å². The number of carbonyl (C=O) groups excluding carboxylic acids is 2. The maximum absolute atomic E-state index is 13.2. The van der Waals surface area contributed by atoms with Gasteiger partial charge in [-0.2, -0.15) is 0 Å². The molecule has 0 aromatic heterocycles. The molecule has 0 N–H and O–H groups in total. The number of aryl methyl sites for hydroxylation is 1. The highest BCUT2D eigenvalue weighted by Crippen LogP contribution is 2.45. The molecule has 0 bridgehead atoms. The molecule has 0 aliphatic carbocycles. The number of anilines is 2. The Morgan fingerprint density at radius 3 is 2.48 bits per heavy atom. The normalized spacial score (nSPS) is 19.1. The minimum atomic E-state index is -0.257. The quantitative estimate of drug-likeness (QED) is 0.444. The second kappa shape index (κ2) is 6.79. The Balaban J connectivity index is 1.83. The van der Waals surface area contributed by atoms with E-state index in [1.54, 1.807) is 11.0 Å². The highest BCUT2D eigenvalue weighted by Gasteiger charge is 2.42. The zero-order chi connectivity index (χ0) is 19.1. The summed E-state index contributed by atoms with van der Waals surface area (Å²) in [6.45, 7) is 6.10. The van der Waals surface area contributed by atoms with Crippen LogP contribution in [0.5, 0.6) is 0 Å². The fourth-order valence-electron chi connectivity index (χ4n) is 3.25. The summed E-state index contributed by atoms with van der Waals surface area (Å²) < 4.78 is 0.429. The fourth-order valence-corrected chi connectivity index (χ4v) is 4.62. The molecule has 4 rings (SSSR count). The molecule has 2 amide bonds. The van der Waals surface area contributed by atoms with Gasteiger partial charge in [0.15, 0.2) is 4.32 Å². The van der Waals surface area contributed by atoms with Crippen molar-refractivity contribution in [2.24, 2.45) is 0 Å². The zero-order valence-corrected chi connectivity index (χ0v) is 16.3. The second-order valence-corrected chi connectivity index (χ2v) is 7.91. The first-order chi connectivity index (χ1) is 13.0. The van der Waals surface area contributed by atoms with E-state index < -0.39 is 0 Å². The third kappa shape index (κ3) is 2.81. The summed E-state index contributed by atoms with van der Waals surface area (Å²) in [7, 11) is 0. The standard InChI is InChI=1S/C21H16N2O2S2/c1-3-12-22-16-7-5-4-6-15(16)17(19(22)24)18-20(25)23(21(26)27-18)14-10-8-13(2)9-11-14/h3-11H,1,12H2,2H3/b18-17+. The average molecular weight is 393 g/mol. The molecule has 1 fully saturated rings. The maximum atomic E-state index is 13.2.